The maximum absolute atomic E-state index is 14.6. The van der Waals surface area contributed by atoms with Crippen molar-refractivity contribution in [2.45, 2.75) is 145 Å². The van der Waals surface area contributed by atoms with Gasteiger partial charge in [-0.3, -0.25) is 47.9 Å². The van der Waals surface area contributed by atoms with Gasteiger partial charge in [-0.25, -0.2) is 0 Å². The van der Waals surface area contributed by atoms with Crippen molar-refractivity contribution in [2.24, 2.45) is 29.1 Å². The molecule has 1 aliphatic heterocycles. The van der Waals surface area contributed by atoms with Crippen LogP contribution in [-0.4, -0.2) is 157 Å². The summed E-state index contributed by atoms with van der Waals surface area (Å²) >= 11 is 0. The number of ketones is 1. The monoisotopic (exact) mass is 971 g/mol. The van der Waals surface area contributed by atoms with E-state index in [1.165, 1.54) is 77.6 Å². The van der Waals surface area contributed by atoms with Crippen molar-refractivity contribution in [1.82, 2.24) is 41.3 Å². The van der Waals surface area contributed by atoms with Gasteiger partial charge in [0.2, 0.25) is 41.4 Å². The summed E-state index contributed by atoms with van der Waals surface area (Å²) in [7, 11) is 5.71. The zero-order valence-corrected chi connectivity index (χ0v) is 43.4. The fourth-order valence-corrected chi connectivity index (χ4v) is 8.03. The summed E-state index contributed by atoms with van der Waals surface area (Å²) in [5.41, 5.74) is -1.16. The number of likely N-dealkylation sites (N-methyl/N-ethyl adjacent to an activating group) is 3. The van der Waals surface area contributed by atoms with Gasteiger partial charge in [0, 0.05) is 33.6 Å². The molecule has 1 heterocycles. The molecule has 0 saturated carbocycles. The number of hydrogen-bond donors (Lipinski definition) is 5. The van der Waals surface area contributed by atoms with Crippen LogP contribution in [0.4, 0.5) is 0 Å². The van der Waals surface area contributed by atoms with Crippen LogP contribution in [0.5, 0.6) is 5.75 Å². The molecule has 2 rings (SSSR count). The highest BCUT2D eigenvalue weighted by molar-refractivity contribution is 6.09. The molecular formula is C49H78N8O12. The normalized spacial score (nSPS) is 27.0. The molecule has 0 radical (unpaired) electrons. The lowest BCUT2D eigenvalue weighted by molar-refractivity contribution is -0.163. The minimum atomic E-state index is -1.79. The number of carbonyl (C=O) groups excluding carboxylic acids is 10. The largest absolute Gasteiger partial charge is 0.497 e. The number of cyclic esters (lactones) is 1. The maximum Gasteiger partial charge on any atom is 0.311 e. The summed E-state index contributed by atoms with van der Waals surface area (Å²) in [6, 6.07) is 0.0441. The van der Waals surface area contributed by atoms with Gasteiger partial charge >= 0.3 is 5.97 Å². The fraction of sp³-hybridized carbons (Fsp3) is 0.673. The third kappa shape index (κ3) is 15.5. The first kappa shape index (κ1) is 59.0. The number of methoxy groups -OCH3 is 1. The average molecular weight is 971 g/mol. The first-order chi connectivity index (χ1) is 32.1. The highest BCUT2D eigenvalue weighted by Gasteiger charge is 2.43. The molecule has 69 heavy (non-hydrogen) atoms. The van der Waals surface area contributed by atoms with Gasteiger partial charge in [0.25, 0.3) is 5.91 Å². The van der Waals surface area contributed by atoms with Crippen molar-refractivity contribution in [2.75, 3.05) is 41.3 Å². The van der Waals surface area contributed by atoms with E-state index in [1.54, 1.807) is 65.8 Å². The Labute approximate surface area is 407 Å². The third-order valence-electron chi connectivity index (χ3n) is 13.0. The molecule has 1 fully saturated rings. The van der Waals surface area contributed by atoms with Gasteiger partial charge in [0.1, 0.15) is 35.3 Å². The van der Waals surface area contributed by atoms with E-state index in [4.69, 9.17) is 9.47 Å². The fourth-order valence-electron chi connectivity index (χ4n) is 8.03. The molecule has 20 heteroatoms. The van der Waals surface area contributed by atoms with Gasteiger partial charge in [-0.15, -0.1) is 0 Å². The van der Waals surface area contributed by atoms with E-state index in [9.17, 15) is 47.9 Å². The first-order valence-corrected chi connectivity index (χ1v) is 23.7. The summed E-state index contributed by atoms with van der Waals surface area (Å²) < 4.78 is 11.0. The highest BCUT2D eigenvalue weighted by atomic mass is 16.5. The number of rotatable bonds is 8. The van der Waals surface area contributed by atoms with Crippen LogP contribution < -0.4 is 31.3 Å². The molecule has 0 spiro atoms. The molecular weight excluding hydrogens is 893 g/mol. The van der Waals surface area contributed by atoms with Gasteiger partial charge in [0.15, 0.2) is 11.9 Å². The number of ether oxygens (including phenoxy) is 2. The molecule has 9 unspecified atom stereocenters. The lowest BCUT2D eigenvalue weighted by atomic mass is 9.83. The molecule has 0 aliphatic carbocycles. The van der Waals surface area contributed by atoms with Crippen LogP contribution in [-0.2, 0) is 59.1 Å². The third-order valence-corrected chi connectivity index (χ3v) is 13.0. The number of nitrogens with zero attached hydrogens (tertiary/aromatic N) is 3. The summed E-state index contributed by atoms with van der Waals surface area (Å²) in [5, 5.41) is 13.1. The van der Waals surface area contributed by atoms with Crippen LogP contribution in [0.2, 0.25) is 0 Å². The number of esters is 1. The van der Waals surface area contributed by atoms with Crippen molar-refractivity contribution in [3.05, 3.63) is 29.8 Å². The second kappa shape index (κ2) is 26.1. The van der Waals surface area contributed by atoms with Gasteiger partial charge in [-0.2, -0.15) is 0 Å². The second-order valence-corrected chi connectivity index (χ2v) is 19.3. The topological polar surface area (TPSA) is 259 Å². The number of benzene rings is 1. The molecule has 0 bridgehead atoms. The molecule has 1 aliphatic rings. The predicted octanol–water partition coefficient (Wildman–Crippen LogP) is 1.37. The molecule has 0 aromatic heterocycles. The maximum atomic E-state index is 14.6. The Morgan fingerprint density at radius 1 is 0.681 bits per heavy atom. The van der Waals surface area contributed by atoms with E-state index in [2.05, 4.69) is 26.6 Å². The van der Waals surface area contributed by atoms with Gasteiger partial charge in [0.05, 0.1) is 32.2 Å². The number of Topliss-reactive ketones (excluding diaryl/α,β-unsaturated/α-hetero) is 1. The van der Waals surface area contributed by atoms with Crippen molar-refractivity contribution < 1.29 is 57.4 Å². The van der Waals surface area contributed by atoms with Crippen molar-refractivity contribution in [3.63, 3.8) is 0 Å². The van der Waals surface area contributed by atoms with Crippen LogP contribution in [0.15, 0.2) is 24.3 Å². The van der Waals surface area contributed by atoms with Crippen LogP contribution >= 0.6 is 0 Å². The Bertz CT molecular complexity index is 2020. The van der Waals surface area contributed by atoms with Crippen molar-refractivity contribution in [3.8, 4) is 5.75 Å². The second-order valence-electron chi connectivity index (χ2n) is 19.3. The van der Waals surface area contributed by atoms with E-state index in [0.29, 0.717) is 17.7 Å². The Morgan fingerprint density at radius 2 is 1.22 bits per heavy atom. The Morgan fingerprint density at radius 3 is 1.71 bits per heavy atom. The van der Waals surface area contributed by atoms with Gasteiger partial charge in [-0.05, 0) is 76.5 Å². The molecule has 9 atom stereocenters. The quantitative estimate of drug-likeness (QED) is 0.183. The van der Waals surface area contributed by atoms with Gasteiger partial charge in [-0.1, -0.05) is 67.0 Å². The van der Waals surface area contributed by atoms with E-state index < -0.39 is 144 Å². The summed E-state index contributed by atoms with van der Waals surface area (Å²) in [6.45, 7) is 17.9. The number of carbonyl (C=O) groups is 10. The first-order valence-electron chi connectivity index (χ1n) is 23.7. The molecule has 8 amide bonds. The SMILES string of the molecule is CCC(C)C1C(=O)NCC(=O)N(C)C(C(C)C)C(=O)N(C)C(Cc2ccc(OC)cc2)C(=O)NC(C)C(=O)C(C)(C)C(=O)NC(C)C(=O)NC(CC)C(C)C(=O)OC(C(C)C)C(=O)NCC(=O)N1C. The molecule has 1 aromatic carbocycles. The van der Waals surface area contributed by atoms with E-state index in [1.807, 2.05) is 6.92 Å². The lowest BCUT2D eigenvalue weighted by Crippen LogP contribution is -2.60. The van der Waals surface area contributed by atoms with Crippen molar-refractivity contribution in [1.29, 1.82) is 0 Å². The van der Waals surface area contributed by atoms with Crippen molar-refractivity contribution >= 4 is 59.0 Å². The van der Waals surface area contributed by atoms with E-state index in [-0.39, 0.29) is 12.8 Å². The molecule has 386 valence electrons. The van der Waals surface area contributed by atoms with Crippen LogP contribution in [0, 0.1) is 29.1 Å². The smallest absolute Gasteiger partial charge is 0.311 e. The molecule has 1 saturated heterocycles. The number of amides is 8. The number of hydrogen-bond acceptors (Lipinski definition) is 12. The summed E-state index contributed by atoms with van der Waals surface area (Å²) in [4.78, 5) is 142. The van der Waals surface area contributed by atoms with Crippen LogP contribution in [0.1, 0.15) is 101 Å². The Balaban J connectivity index is 2.68. The standard InChI is InChI=1S/C49H78N8O12/c1-17-28(7)39-44(63)50-24-36(58)56(14)38(26(3)4)46(65)55(13)35(23-32-19-21-33(68-16)22-20-32)43(62)52-30(9)41(60)49(11,12)48(67)53-31(10)42(61)54-34(18-2)29(8)47(66)69-40(27(5)6)45(64)51-25-37(59)57(39)15/h19-22,26-31,34-35,38-40H,17-18,23-25H2,1-16H3,(H,50,63)(H,51,64)(H,52,62)(H,53,67)(H,54,61). The minimum absolute atomic E-state index is 0.0334. The van der Waals surface area contributed by atoms with Crippen LogP contribution in [0.25, 0.3) is 0 Å². The summed E-state index contributed by atoms with van der Waals surface area (Å²) in [6.07, 6.45) is -0.668. The Hall–Kier alpha value is -6.08. The van der Waals surface area contributed by atoms with E-state index in [0.717, 1.165) is 0 Å². The Kier molecular flexibility index (Phi) is 22.3. The molecule has 20 nitrogen and oxygen atoms in total. The molecule has 1 aromatic rings. The molecule has 5 N–H and O–H groups in total. The highest BCUT2D eigenvalue weighted by Crippen LogP contribution is 2.23. The minimum Gasteiger partial charge on any atom is -0.497 e. The lowest BCUT2D eigenvalue weighted by Gasteiger charge is -2.37. The van der Waals surface area contributed by atoms with Gasteiger partial charge < -0.3 is 50.8 Å². The average Bonchev–Trinajstić information content (AvgIpc) is 3.30. The van der Waals surface area contributed by atoms with E-state index >= 15 is 0 Å². The van der Waals surface area contributed by atoms with Crippen LogP contribution in [0.3, 0.4) is 0 Å². The zero-order valence-electron chi connectivity index (χ0n) is 43.4. The summed E-state index contributed by atoms with van der Waals surface area (Å²) in [5.74, 6) is -8.98. The number of nitrogens with one attached hydrogen (secondary N) is 5. The zero-order chi connectivity index (χ0) is 52.8. The predicted molar refractivity (Wildman–Crippen MR) is 257 cm³/mol.